The van der Waals surface area contributed by atoms with Crippen molar-refractivity contribution in [2.75, 3.05) is 11.9 Å². The molecule has 108 valence electrons. The zero-order valence-electron chi connectivity index (χ0n) is 11.6. The van der Waals surface area contributed by atoms with E-state index in [9.17, 15) is 9.59 Å². The largest absolute Gasteiger partial charge is 0.492 e. The Bertz CT molecular complexity index is 524. The molecule has 1 N–H and O–H groups in total. The van der Waals surface area contributed by atoms with Crippen LogP contribution >= 0.6 is 11.6 Å². The number of hydrogen-bond donors (Lipinski definition) is 1. The van der Waals surface area contributed by atoms with Crippen LogP contribution in [0.25, 0.3) is 0 Å². The average Bonchev–Trinajstić information content (AvgIpc) is 3.24. The van der Waals surface area contributed by atoms with Gasteiger partial charge in [-0.15, -0.1) is 11.6 Å². The summed E-state index contributed by atoms with van der Waals surface area (Å²) in [7, 11) is 0. The van der Waals surface area contributed by atoms with Crippen LogP contribution in [0.5, 0.6) is 5.75 Å². The molecule has 1 saturated carbocycles. The normalized spacial score (nSPS) is 15.6. The number of Topliss-reactive ketones (excluding diaryl/α,β-unsaturated/α-hetero) is 1. The van der Waals surface area contributed by atoms with E-state index in [-0.39, 0.29) is 17.6 Å². The standard InChI is InChI=1S/C15H18ClNO3/c1-3-20-13-8-11(14(18)9(2)16)6-7-12(13)17-15(19)10-4-5-10/h6-10H,3-5H2,1-2H3,(H,17,19). The van der Waals surface area contributed by atoms with Crippen LogP contribution in [0.2, 0.25) is 0 Å². The third-order valence-electron chi connectivity index (χ3n) is 3.13. The summed E-state index contributed by atoms with van der Waals surface area (Å²) in [6.45, 7) is 3.94. The van der Waals surface area contributed by atoms with Crippen LogP contribution in [0, 0.1) is 5.92 Å². The minimum atomic E-state index is -0.587. The molecule has 1 aromatic rings. The predicted octanol–water partition coefficient (Wildman–Crippen LogP) is 3.24. The Labute approximate surface area is 123 Å². The fourth-order valence-electron chi connectivity index (χ4n) is 1.86. The monoisotopic (exact) mass is 295 g/mol. The van der Waals surface area contributed by atoms with Gasteiger partial charge in [-0.3, -0.25) is 9.59 Å². The molecule has 1 aliphatic rings. The average molecular weight is 296 g/mol. The van der Waals surface area contributed by atoms with Gasteiger partial charge in [-0.25, -0.2) is 0 Å². The van der Waals surface area contributed by atoms with Crippen molar-refractivity contribution >= 4 is 29.0 Å². The van der Waals surface area contributed by atoms with Gasteiger partial charge in [-0.1, -0.05) is 0 Å². The van der Waals surface area contributed by atoms with E-state index in [1.807, 2.05) is 6.92 Å². The highest BCUT2D eigenvalue weighted by molar-refractivity contribution is 6.33. The maximum Gasteiger partial charge on any atom is 0.227 e. The van der Waals surface area contributed by atoms with Crippen molar-refractivity contribution < 1.29 is 14.3 Å². The molecule has 0 bridgehead atoms. The topological polar surface area (TPSA) is 55.4 Å². The SMILES string of the molecule is CCOc1cc(C(=O)C(C)Cl)ccc1NC(=O)C1CC1. The van der Waals surface area contributed by atoms with Gasteiger partial charge in [-0.2, -0.15) is 0 Å². The Hall–Kier alpha value is -1.55. The van der Waals surface area contributed by atoms with Crippen LogP contribution in [-0.4, -0.2) is 23.7 Å². The lowest BCUT2D eigenvalue weighted by Gasteiger charge is -2.13. The van der Waals surface area contributed by atoms with Gasteiger partial charge in [0.25, 0.3) is 0 Å². The van der Waals surface area contributed by atoms with Crippen molar-refractivity contribution in [2.45, 2.75) is 32.1 Å². The van der Waals surface area contributed by atoms with Crippen molar-refractivity contribution in [2.24, 2.45) is 5.92 Å². The molecule has 0 heterocycles. The van der Waals surface area contributed by atoms with Crippen LogP contribution < -0.4 is 10.1 Å². The van der Waals surface area contributed by atoms with Crippen molar-refractivity contribution in [3.63, 3.8) is 0 Å². The van der Waals surface area contributed by atoms with Crippen LogP contribution in [0.4, 0.5) is 5.69 Å². The van der Waals surface area contributed by atoms with Gasteiger partial charge in [0.05, 0.1) is 17.7 Å². The molecule has 1 aromatic carbocycles. The van der Waals surface area contributed by atoms with Gasteiger partial charge in [-0.05, 0) is 44.9 Å². The van der Waals surface area contributed by atoms with E-state index in [2.05, 4.69) is 5.32 Å². The quantitative estimate of drug-likeness (QED) is 0.647. The zero-order chi connectivity index (χ0) is 14.7. The molecule has 0 radical (unpaired) electrons. The second kappa shape index (κ2) is 6.27. The molecular weight excluding hydrogens is 278 g/mol. The number of ketones is 1. The number of hydrogen-bond acceptors (Lipinski definition) is 3. The third-order valence-corrected chi connectivity index (χ3v) is 3.33. The first-order valence-corrected chi connectivity index (χ1v) is 7.22. The van der Waals surface area contributed by atoms with Gasteiger partial charge in [0.1, 0.15) is 5.75 Å². The summed E-state index contributed by atoms with van der Waals surface area (Å²) in [6, 6.07) is 4.98. The van der Waals surface area contributed by atoms with Gasteiger partial charge in [0.15, 0.2) is 5.78 Å². The number of nitrogens with one attached hydrogen (secondary N) is 1. The Kier molecular flexibility index (Phi) is 4.65. The molecule has 1 amide bonds. The molecule has 0 aromatic heterocycles. The first-order chi connectivity index (χ1) is 9.52. The van der Waals surface area contributed by atoms with Crippen LogP contribution in [0.3, 0.4) is 0 Å². The number of carbonyl (C=O) groups is 2. The van der Waals surface area contributed by atoms with Crippen LogP contribution in [-0.2, 0) is 4.79 Å². The molecule has 4 nitrogen and oxygen atoms in total. The summed E-state index contributed by atoms with van der Waals surface area (Å²) in [4.78, 5) is 23.7. The van der Waals surface area contributed by atoms with Gasteiger partial charge in [0, 0.05) is 11.5 Å². The predicted molar refractivity (Wildman–Crippen MR) is 78.6 cm³/mol. The van der Waals surface area contributed by atoms with Crippen molar-refractivity contribution in [3.8, 4) is 5.75 Å². The van der Waals surface area contributed by atoms with E-state index in [4.69, 9.17) is 16.3 Å². The van der Waals surface area contributed by atoms with Crippen LogP contribution in [0.15, 0.2) is 18.2 Å². The number of alkyl halides is 1. The highest BCUT2D eigenvalue weighted by Gasteiger charge is 2.30. The highest BCUT2D eigenvalue weighted by atomic mass is 35.5. The van der Waals surface area contributed by atoms with Crippen molar-refractivity contribution in [3.05, 3.63) is 23.8 Å². The first kappa shape index (κ1) is 14.9. The molecule has 2 rings (SSSR count). The number of benzene rings is 1. The summed E-state index contributed by atoms with van der Waals surface area (Å²) >= 11 is 5.81. The van der Waals surface area contributed by atoms with Crippen LogP contribution in [0.1, 0.15) is 37.0 Å². The second-order valence-corrected chi connectivity index (χ2v) is 5.54. The Balaban J connectivity index is 2.22. The molecule has 1 fully saturated rings. The van der Waals surface area contributed by atoms with Gasteiger partial charge < -0.3 is 10.1 Å². The summed E-state index contributed by atoms with van der Waals surface area (Å²) in [5.74, 6) is 0.474. The molecular formula is C15H18ClNO3. The lowest BCUT2D eigenvalue weighted by molar-refractivity contribution is -0.117. The van der Waals surface area contributed by atoms with E-state index < -0.39 is 5.38 Å². The lowest BCUT2D eigenvalue weighted by Crippen LogP contribution is -2.15. The smallest absolute Gasteiger partial charge is 0.227 e. The molecule has 0 saturated heterocycles. The summed E-state index contributed by atoms with van der Waals surface area (Å²) in [6.07, 6.45) is 1.88. The number of anilines is 1. The minimum Gasteiger partial charge on any atom is -0.492 e. The minimum absolute atomic E-state index is 0.00995. The molecule has 0 aliphatic heterocycles. The second-order valence-electron chi connectivity index (χ2n) is 4.89. The fraction of sp³-hybridized carbons (Fsp3) is 0.467. The number of halogens is 1. The maximum absolute atomic E-state index is 11.9. The van der Waals surface area contributed by atoms with E-state index >= 15 is 0 Å². The van der Waals surface area contributed by atoms with Crippen molar-refractivity contribution in [1.82, 2.24) is 0 Å². The maximum atomic E-state index is 11.9. The zero-order valence-corrected chi connectivity index (χ0v) is 12.4. The number of rotatable bonds is 6. The molecule has 5 heteroatoms. The van der Waals surface area contributed by atoms with E-state index in [0.29, 0.717) is 23.6 Å². The van der Waals surface area contributed by atoms with E-state index in [0.717, 1.165) is 12.8 Å². The lowest BCUT2D eigenvalue weighted by atomic mass is 10.1. The first-order valence-electron chi connectivity index (χ1n) is 6.79. The Morgan fingerprint density at radius 1 is 1.45 bits per heavy atom. The van der Waals surface area contributed by atoms with Gasteiger partial charge in [0.2, 0.25) is 5.91 Å². The van der Waals surface area contributed by atoms with E-state index in [1.165, 1.54) is 0 Å². The molecule has 0 spiro atoms. The Morgan fingerprint density at radius 2 is 2.15 bits per heavy atom. The fourth-order valence-corrected chi connectivity index (χ4v) is 1.99. The molecule has 1 aliphatic carbocycles. The van der Waals surface area contributed by atoms with Crippen molar-refractivity contribution in [1.29, 1.82) is 0 Å². The third kappa shape index (κ3) is 3.51. The number of carbonyl (C=O) groups excluding carboxylic acids is 2. The van der Waals surface area contributed by atoms with Gasteiger partial charge >= 0.3 is 0 Å². The molecule has 1 unspecified atom stereocenters. The Morgan fingerprint density at radius 3 is 2.70 bits per heavy atom. The summed E-state index contributed by atoms with van der Waals surface area (Å²) in [5, 5.41) is 2.26. The summed E-state index contributed by atoms with van der Waals surface area (Å²) in [5.41, 5.74) is 1.09. The van der Waals surface area contributed by atoms with E-state index in [1.54, 1.807) is 25.1 Å². The summed E-state index contributed by atoms with van der Waals surface area (Å²) < 4.78 is 5.50. The number of ether oxygens (including phenoxy) is 1. The molecule has 20 heavy (non-hydrogen) atoms. The highest BCUT2D eigenvalue weighted by Crippen LogP contribution is 2.33. The molecule has 1 atom stereocenters. The number of amides is 1.